The Kier molecular flexibility index (Phi) is 9.13. The van der Waals surface area contributed by atoms with Crippen LogP contribution in [0.5, 0.6) is 0 Å². The number of benzene rings is 1. The maximum Gasteiger partial charge on any atom is 0.270 e. The van der Waals surface area contributed by atoms with Gasteiger partial charge in [-0.1, -0.05) is 30.8 Å². The summed E-state index contributed by atoms with van der Waals surface area (Å²) in [6.45, 7) is 3.31. The molecule has 1 aromatic carbocycles. The van der Waals surface area contributed by atoms with E-state index in [0.29, 0.717) is 42.0 Å². The Balaban J connectivity index is 1.48. The lowest BCUT2D eigenvalue weighted by atomic mass is 10.1. The molecule has 2 atom stereocenters. The number of para-hydroxylation sites is 1. The van der Waals surface area contributed by atoms with Gasteiger partial charge in [0.1, 0.15) is 17.6 Å². The van der Waals surface area contributed by atoms with Gasteiger partial charge in [0, 0.05) is 32.2 Å². The first kappa shape index (κ1) is 26.6. The predicted octanol–water partition coefficient (Wildman–Crippen LogP) is 3.00. The van der Waals surface area contributed by atoms with Gasteiger partial charge in [0.15, 0.2) is 5.17 Å². The van der Waals surface area contributed by atoms with Crippen LogP contribution >= 0.6 is 11.8 Å². The largest absolute Gasteiger partial charge is 0.467 e. The number of aliphatic imine (C=N–C) groups is 2. The van der Waals surface area contributed by atoms with Crippen LogP contribution in [0.1, 0.15) is 43.9 Å². The van der Waals surface area contributed by atoms with Crippen molar-refractivity contribution in [3.8, 4) is 0 Å². The SMILES string of the molecule is CCC(SC1=Nc2ccccc2C2=NC(=O)C(CCC(=O)NCc3ccco3)N12)C(=O)NCCCOC. The van der Waals surface area contributed by atoms with E-state index in [9.17, 15) is 14.4 Å². The highest BCUT2D eigenvalue weighted by molar-refractivity contribution is 8.15. The minimum absolute atomic E-state index is 0.0944. The van der Waals surface area contributed by atoms with E-state index in [1.807, 2.05) is 31.2 Å². The number of amides is 3. The number of hydrogen-bond donors (Lipinski definition) is 2. The van der Waals surface area contributed by atoms with Crippen molar-refractivity contribution in [3.05, 3.63) is 54.0 Å². The Morgan fingerprint density at radius 1 is 1.19 bits per heavy atom. The summed E-state index contributed by atoms with van der Waals surface area (Å²) in [5.41, 5.74) is 1.45. The highest BCUT2D eigenvalue weighted by atomic mass is 32.2. The number of carbonyl (C=O) groups excluding carboxylic acids is 3. The van der Waals surface area contributed by atoms with Gasteiger partial charge in [-0.2, -0.15) is 4.99 Å². The lowest BCUT2D eigenvalue weighted by molar-refractivity contribution is -0.123. The second-order valence-corrected chi connectivity index (χ2v) is 9.79. The first-order chi connectivity index (χ1) is 18.0. The molecule has 0 saturated heterocycles. The minimum atomic E-state index is -0.675. The summed E-state index contributed by atoms with van der Waals surface area (Å²) >= 11 is 1.31. The molecule has 10 nitrogen and oxygen atoms in total. The second kappa shape index (κ2) is 12.7. The number of ether oxygens (including phenoxy) is 1. The fourth-order valence-corrected chi connectivity index (χ4v) is 5.19. The molecule has 11 heteroatoms. The zero-order valence-electron chi connectivity index (χ0n) is 20.9. The summed E-state index contributed by atoms with van der Waals surface area (Å²) in [6.07, 6.45) is 3.24. The molecule has 4 rings (SSSR count). The first-order valence-corrected chi connectivity index (χ1v) is 13.2. The van der Waals surface area contributed by atoms with Crippen LogP contribution in [0.4, 0.5) is 5.69 Å². The number of rotatable bonds is 12. The Morgan fingerprint density at radius 2 is 2.03 bits per heavy atom. The summed E-state index contributed by atoms with van der Waals surface area (Å²) in [7, 11) is 1.63. The summed E-state index contributed by atoms with van der Waals surface area (Å²) in [6, 6.07) is 10.3. The molecule has 0 radical (unpaired) electrons. The molecule has 0 fully saturated rings. The zero-order valence-corrected chi connectivity index (χ0v) is 21.8. The van der Waals surface area contributed by atoms with Gasteiger partial charge in [-0.15, -0.1) is 0 Å². The Morgan fingerprint density at radius 3 is 2.78 bits per heavy atom. The number of hydrogen-bond acceptors (Lipinski definition) is 8. The summed E-state index contributed by atoms with van der Waals surface area (Å²) in [5, 5.41) is 5.89. The third kappa shape index (κ3) is 6.47. The fraction of sp³-hybridized carbons (Fsp3) is 0.423. The number of furan rings is 1. The van der Waals surface area contributed by atoms with Crippen LogP contribution in [-0.4, -0.2) is 65.2 Å². The second-order valence-electron chi connectivity index (χ2n) is 8.62. The van der Waals surface area contributed by atoms with Crippen molar-refractivity contribution >= 4 is 46.2 Å². The number of nitrogens with zero attached hydrogens (tertiary/aromatic N) is 3. The lowest BCUT2D eigenvalue weighted by Gasteiger charge is -2.32. The van der Waals surface area contributed by atoms with Crippen molar-refractivity contribution in [1.82, 2.24) is 15.5 Å². The number of thioether (sulfide) groups is 1. The molecule has 0 spiro atoms. The van der Waals surface area contributed by atoms with Crippen molar-refractivity contribution in [2.45, 2.75) is 50.4 Å². The van der Waals surface area contributed by atoms with Crippen LogP contribution in [0.15, 0.2) is 57.1 Å². The monoisotopic (exact) mass is 525 g/mol. The molecule has 3 amide bonds. The maximum absolute atomic E-state index is 13.0. The normalized spacial score (nSPS) is 17.0. The standard InChI is InChI=1S/C26H31N5O5S/c1-3-21(25(34)27-13-7-14-35-2)37-26-29-19-10-5-4-9-18(19)23-30-24(33)20(31(23)26)11-12-22(32)28-16-17-8-6-15-36-17/h4-6,8-10,15,20-21H,3,7,11-14,16H2,1-2H3,(H,27,34)(H,28,32). The van der Waals surface area contributed by atoms with E-state index in [1.54, 1.807) is 30.4 Å². The number of fused-ring (bicyclic) bond motifs is 3. The molecule has 2 N–H and O–H groups in total. The smallest absolute Gasteiger partial charge is 0.270 e. The highest BCUT2D eigenvalue weighted by Crippen LogP contribution is 2.36. The molecule has 0 saturated carbocycles. The average molecular weight is 526 g/mol. The fourth-order valence-electron chi connectivity index (χ4n) is 4.10. The molecular weight excluding hydrogens is 494 g/mol. The van der Waals surface area contributed by atoms with Gasteiger partial charge in [0.25, 0.3) is 5.91 Å². The van der Waals surface area contributed by atoms with Gasteiger partial charge in [-0.05, 0) is 43.5 Å². The van der Waals surface area contributed by atoms with E-state index in [-0.39, 0.29) is 37.1 Å². The van der Waals surface area contributed by atoms with Crippen LogP contribution in [-0.2, 0) is 25.7 Å². The Bertz CT molecular complexity index is 1180. The molecule has 196 valence electrons. The van der Waals surface area contributed by atoms with E-state index in [1.165, 1.54) is 11.8 Å². The predicted molar refractivity (Wildman–Crippen MR) is 142 cm³/mol. The van der Waals surface area contributed by atoms with Gasteiger partial charge in [-0.25, -0.2) is 4.99 Å². The molecular formula is C26H31N5O5S. The highest BCUT2D eigenvalue weighted by Gasteiger charge is 2.42. The number of carbonyl (C=O) groups is 3. The van der Waals surface area contributed by atoms with Crippen LogP contribution in [0.3, 0.4) is 0 Å². The summed E-state index contributed by atoms with van der Waals surface area (Å²) in [5.74, 6) is 0.553. The van der Waals surface area contributed by atoms with E-state index in [2.05, 4.69) is 15.6 Å². The van der Waals surface area contributed by atoms with Crippen LogP contribution in [0, 0.1) is 0 Å². The third-order valence-electron chi connectivity index (χ3n) is 6.03. The van der Waals surface area contributed by atoms with E-state index in [0.717, 1.165) is 12.0 Å². The first-order valence-electron chi connectivity index (χ1n) is 12.3. The average Bonchev–Trinajstić information content (AvgIpc) is 3.54. The molecule has 2 aromatic rings. The summed E-state index contributed by atoms with van der Waals surface area (Å²) < 4.78 is 10.3. The molecule has 3 heterocycles. The Hall–Kier alpha value is -3.44. The van der Waals surface area contributed by atoms with Crippen molar-refractivity contribution < 1.29 is 23.5 Å². The molecule has 0 aliphatic carbocycles. The van der Waals surface area contributed by atoms with Gasteiger partial charge in [0.05, 0.1) is 23.7 Å². The third-order valence-corrected chi connectivity index (χ3v) is 7.36. The Labute approximate surface area is 219 Å². The molecule has 1 aromatic heterocycles. The minimum Gasteiger partial charge on any atom is -0.467 e. The number of amidine groups is 2. The molecule has 0 bridgehead atoms. The van der Waals surface area contributed by atoms with Crippen molar-refractivity contribution in [1.29, 1.82) is 0 Å². The van der Waals surface area contributed by atoms with Gasteiger partial charge in [0.2, 0.25) is 11.8 Å². The topological polar surface area (TPSA) is 126 Å². The van der Waals surface area contributed by atoms with Gasteiger partial charge < -0.3 is 19.8 Å². The molecule has 2 unspecified atom stereocenters. The van der Waals surface area contributed by atoms with Crippen LogP contribution < -0.4 is 10.6 Å². The quantitative estimate of drug-likeness (QED) is 0.408. The van der Waals surface area contributed by atoms with Gasteiger partial charge >= 0.3 is 0 Å². The maximum atomic E-state index is 13.0. The van der Waals surface area contributed by atoms with Gasteiger partial charge in [-0.3, -0.25) is 19.3 Å². The van der Waals surface area contributed by atoms with Crippen LogP contribution in [0.2, 0.25) is 0 Å². The van der Waals surface area contributed by atoms with E-state index >= 15 is 0 Å². The van der Waals surface area contributed by atoms with E-state index in [4.69, 9.17) is 14.1 Å². The van der Waals surface area contributed by atoms with E-state index < -0.39 is 11.3 Å². The lowest BCUT2D eigenvalue weighted by Crippen LogP contribution is -2.45. The van der Waals surface area contributed by atoms with Crippen LogP contribution in [0.25, 0.3) is 0 Å². The van der Waals surface area contributed by atoms with Crippen molar-refractivity contribution in [3.63, 3.8) is 0 Å². The molecule has 2 aliphatic rings. The number of methoxy groups -OCH3 is 1. The van der Waals surface area contributed by atoms with Crippen molar-refractivity contribution in [2.75, 3.05) is 20.3 Å². The van der Waals surface area contributed by atoms with Crippen molar-refractivity contribution in [2.24, 2.45) is 9.98 Å². The zero-order chi connectivity index (χ0) is 26.2. The summed E-state index contributed by atoms with van der Waals surface area (Å²) in [4.78, 5) is 49.3. The number of nitrogens with one attached hydrogen (secondary N) is 2. The molecule has 2 aliphatic heterocycles. The molecule has 37 heavy (non-hydrogen) atoms.